The summed E-state index contributed by atoms with van der Waals surface area (Å²) in [6, 6.07) is 0. The van der Waals surface area contributed by atoms with Crippen LogP contribution in [0.5, 0.6) is 0 Å². The van der Waals surface area contributed by atoms with Gasteiger partial charge in [-0.3, -0.25) is 9.59 Å². The monoisotopic (exact) mass is 270 g/mol. The lowest BCUT2D eigenvalue weighted by molar-refractivity contribution is -0.143. The SMILES string of the molecule is CC(C)C(CNC(=O)CCC1CCCNC1)C(=O)O. The van der Waals surface area contributed by atoms with Gasteiger partial charge in [0.15, 0.2) is 0 Å². The second-order valence-electron chi connectivity index (χ2n) is 5.74. The average molecular weight is 270 g/mol. The topological polar surface area (TPSA) is 78.4 Å². The van der Waals surface area contributed by atoms with Crippen molar-refractivity contribution in [3.8, 4) is 0 Å². The van der Waals surface area contributed by atoms with Crippen LogP contribution < -0.4 is 10.6 Å². The summed E-state index contributed by atoms with van der Waals surface area (Å²) >= 11 is 0. The first-order chi connectivity index (χ1) is 9.00. The van der Waals surface area contributed by atoms with Crippen LogP contribution in [-0.4, -0.2) is 36.6 Å². The fourth-order valence-electron chi connectivity index (χ4n) is 2.43. The molecule has 5 heteroatoms. The molecule has 2 atom stereocenters. The highest BCUT2D eigenvalue weighted by Gasteiger charge is 2.22. The Labute approximate surface area is 115 Å². The zero-order chi connectivity index (χ0) is 14.3. The summed E-state index contributed by atoms with van der Waals surface area (Å²) in [4.78, 5) is 22.7. The zero-order valence-corrected chi connectivity index (χ0v) is 11.9. The van der Waals surface area contributed by atoms with E-state index in [-0.39, 0.29) is 18.4 Å². The molecule has 19 heavy (non-hydrogen) atoms. The number of hydrogen-bond acceptors (Lipinski definition) is 3. The Morgan fingerprint density at radius 1 is 1.42 bits per heavy atom. The number of carboxylic acids is 1. The third kappa shape index (κ3) is 6.05. The molecular weight excluding hydrogens is 244 g/mol. The third-order valence-electron chi connectivity index (χ3n) is 3.82. The van der Waals surface area contributed by atoms with Crippen molar-refractivity contribution in [3.05, 3.63) is 0 Å². The number of carboxylic acid groups (broad SMARTS) is 1. The van der Waals surface area contributed by atoms with Gasteiger partial charge in [-0.15, -0.1) is 0 Å². The Morgan fingerprint density at radius 2 is 2.16 bits per heavy atom. The summed E-state index contributed by atoms with van der Waals surface area (Å²) in [5.74, 6) is -0.759. The highest BCUT2D eigenvalue weighted by Crippen LogP contribution is 2.16. The number of nitrogens with one attached hydrogen (secondary N) is 2. The standard InChI is InChI=1S/C14H26N2O3/c1-10(2)12(14(18)19)9-16-13(17)6-5-11-4-3-7-15-8-11/h10-12,15H,3-9H2,1-2H3,(H,16,17)(H,18,19). The van der Waals surface area contributed by atoms with Gasteiger partial charge in [0.2, 0.25) is 5.91 Å². The van der Waals surface area contributed by atoms with E-state index in [1.807, 2.05) is 13.8 Å². The van der Waals surface area contributed by atoms with E-state index >= 15 is 0 Å². The van der Waals surface area contributed by atoms with Crippen LogP contribution in [0.4, 0.5) is 0 Å². The van der Waals surface area contributed by atoms with Gasteiger partial charge in [-0.1, -0.05) is 13.8 Å². The van der Waals surface area contributed by atoms with Crippen molar-refractivity contribution in [3.63, 3.8) is 0 Å². The van der Waals surface area contributed by atoms with E-state index in [9.17, 15) is 9.59 Å². The van der Waals surface area contributed by atoms with Gasteiger partial charge in [0.1, 0.15) is 0 Å². The van der Waals surface area contributed by atoms with Crippen LogP contribution in [0.25, 0.3) is 0 Å². The van der Waals surface area contributed by atoms with Crippen molar-refractivity contribution in [2.75, 3.05) is 19.6 Å². The van der Waals surface area contributed by atoms with E-state index < -0.39 is 11.9 Å². The quantitative estimate of drug-likeness (QED) is 0.650. The van der Waals surface area contributed by atoms with E-state index in [0.29, 0.717) is 12.3 Å². The molecule has 0 aromatic rings. The predicted molar refractivity (Wildman–Crippen MR) is 73.8 cm³/mol. The van der Waals surface area contributed by atoms with Crippen LogP contribution in [0.1, 0.15) is 39.5 Å². The molecule has 1 saturated heterocycles. The lowest BCUT2D eigenvalue weighted by atomic mass is 9.94. The van der Waals surface area contributed by atoms with Crippen molar-refractivity contribution in [2.24, 2.45) is 17.8 Å². The molecule has 1 amide bonds. The van der Waals surface area contributed by atoms with Crippen molar-refractivity contribution < 1.29 is 14.7 Å². The minimum absolute atomic E-state index is 0.0281. The normalized spacial score (nSPS) is 21.1. The fraction of sp³-hybridized carbons (Fsp3) is 0.857. The summed E-state index contributed by atoms with van der Waals surface area (Å²) < 4.78 is 0. The molecule has 3 N–H and O–H groups in total. The number of rotatable bonds is 7. The third-order valence-corrected chi connectivity index (χ3v) is 3.82. The summed E-state index contributed by atoms with van der Waals surface area (Å²) in [6.07, 6.45) is 3.75. The lowest BCUT2D eigenvalue weighted by Crippen LogP contribution is -2.36. The smallest absolute Gasteiger partial charge is 0.308 e. The molecule has 1 fully saturated rings. The van der Waals surface area contributed by atoms with Crippen LogP contribution in [-0.2, 0) is 9.59 Å². The molecule has 1 aliphatic rings. The van der Waals surface area contributed by atoms with Gasteiger partial charge in [-0.25, -0.2) is 0 Å². The van der Waals surface area contributed by atoms with E-state index in [4.69, 9.17) is 5.11 Å². The zero-order valence-electron chi connectivity index (χ0n) is 11.9. The highest BCUT2D eigenvalue weighted by molar-refractivity contribution is 5.77. The number of carbonyl (C=O) groups excluding carboxylic acids is 1. The molecule has 0 aliphatic carbocycles. The van der Waals surface area contributed by atoms with Crippen molar-refractivity contribution >= 4 is 11.9 Å². The first-order valence-electron chi connectivity index (χ1n) is 7.21. The van der Waals surface area contributed by atoms with Crippen molar-refractivity contribution in [1.82, 2.24) is 10.6 Å². The number of amides is 1. The van der Waals surface area contributed by atoms with Crippen LogP contribution in [0, 0.1) is 17.8 Å². The minimum Gasteiger partial charge on any atom is -0.481 e. The van der Waals surface area contributed by atoms with E-state index in [1.165, 1.54) is 12.8 Å². The van der Waals surface area contributed by atoms with E-state index in [0.717, 1.165) is 19.5 Å². The van der Waals surface area contributed by atoms with E-state index in [2.05, 4.69) is 10.6 Å². The Bertz CT molecular complexity index is 299. The Kier molecular flexibility index (Phi) is 6.84. The van der Waals surface area contributed by atoms with Crippen LogP contribution >= 0.6 is 0 Å². The number of hydrogen-bond donors (Lipinski definition) is 3. The second kappa shape index (κ2) is 8.15. The van der Waals surface area contributed by atoms with Gasteiger partial charge in [-0.05, 0) is 44.2 Å². The van der Waals surface area contributed by atoms with Gasteiger partial charge < -0.3 is 15.7 Å². The summed E-state index contributed by atoms with van der Waals surface area (Å²) in [6.45, 7) is 6.03. The maximum absolute atomic E-state index is 11.7. The molecule has 5 nitrogen and oxygen atoms in total. The molecule has 0 aromatic heterocycles. The van der Waals surface area contributed by atoms with Gasteiger partial charge in [-0.2, -0.15) is 0 Å². The van der Waals surface area contributed by atoms with Crippen LogP contribution in [0.15, 0.2) is 0 Å². The summed E-state index contributed by atoms with van der Waals surface area (Å²) in [7, 11) is 0. The van der Waals surface area contributed by atoms with Gasteiger partial charge in [0, 0.05) is 13.0 Å². The first kappa shape index (κ1) is 16.0. The molecular formula is C14H26N2O3. The Morgan fingerprint density at radius 3 is 2.68 bits per heavy atom. The van der Waals surface area contributed by atoms with E-state index in [1.54, 1.807) is 0 Å². The predicted octanol–water partition coefficient (Wildman–Crippen LogP) is 1.24. The maximum atomic E-state index is 11.7. The molecule has 2 unspecified atom stereocenters. The molecule has 0 bridgehead atoms. The van der Waals surface area contributed by atoms with Crippen LogP contribution in [0.2, 0.25) is 0 Å². The molecule has 110 valence electrons. The van der Waals surface area contributed by atoms with Crippen molar-refractivity contribution in [1.29, 1.82) is 0 Å². The molecule has 0 saturated carbocycles. The fourth-order valence-corrected chi connectivity index (χ4v) is 2.43. The number of piperidine rings is 1. The maximum Gasteiger partial charge on any atom is 0.308 e. The highest BCUT2D eigenvalue weighted by atomic mass is 16.4. The number of aliphatic carboxylic acids is 1. The molecule has 1 rings (SSSR count). The summed E-state index contributed by atoms with van der Waals surface area (Å²) in [5.41, 5.74) is 0. The van der Waals surface area contributed by atoms with Gasteiger partial charge >= 0.3 is 5.97 Å². The first-order valence-corrected chi connectivity index (χ1v) is 7.21. The second-order valence-corrected chi connectivity index (χ2v) is 5.74. The molecule has 0 aromatic carbocycles. The molecule has 1 heterocycles. The average Bonchev–Trinajstić information content (AvgIpc) is 2.37. The Balaban J connectivity index is 2.21. The van der Waals surface area contributed by atoms with Crippen LogP contribution in [0.3, 0.4) is 0 Å². The van der Waals surface area contributed by atoms with Gasteiger partial charge in [0.25, 0.3) is 0 Å². The minimum atomic E-state index is -0.841. The summed E-state index contributed by atoms with van der Waals surface area (Å²) in [5, 5.41) is 15.1. The van der Waals surface area contributed by atoms with Crippen molar-refractivity contribution in [2.45, 2.75) is 39.5 Å². The van der Waals surface area contributed by atoms with Gasteiger partial charge in [0.05, 0.1) is 5.92 Å². The largest absolute Gasteiger partial charge is 0.481 e. The molecule has 0 radical (unpaired) electrons. The lowest BCUT2D eigenvalue weighted by Gasteiger charge is -2.22. The molecule has 0 spiro atoms. The Hall–Kier alpha value is -1.10. The molecule has 1 aliphatic heterocycles. The number of carbonyl (C=O) groups is 2.